The summed E-state index contributed by atoms with van der Waals surface area (Å²) in [5, 5.41) is 3.97. The third-order valence-electron chi connectivity index (χ3n) is 4.43. The van der Waals surface area contributed by atoms with E-state index >= 15 is 0 Å². The lowest BCUT2D eigenvalue weighted by molar-refractivity contribution is -0.122. The molecule has 1 heterocycles. The predicted octanol–water partition coefficient (Wildman–Crippen LogP) is 2.97. The van der Waals surface area contributed by atoms with E-state index in [-0.39, 0.29) is 18.0 Å². The minimum atomic E-state index is -0.305. The normalized spacial score (nSPS) is 20.0. The lowest BCUT2D eigenvalue weighted by Gasteiger charge is -2.10. The zero-order valence-corrected chi connectivity index (χ0v) is 14.9. The Morgan fingerprint density at radius 3 is 2.65 bits per heavy atom. The number of hydrogen-bond acceptors (Lipinski definition) is 4. The summed E-state index contributed by atoms with van der Waals surface area (Å²) in [4.78, 5) is 12.2. The van der Waals surface area contributed by atoms with Crippen molar-refractivity contribution in [3.8, 4) is 0 Å². The van der Waals surface area contributed by atoms with Gasteiger partial charge in [-0.05, 0) is 35.6 Å². The molecule has 2 atom stereocenters. The fourth-order valence-corrected chi connectivity index (χ4v) is 2.87. The van der Waals surface area contributed by atoms with Crippen LogP contribution in [0.25, 0.3) is 6.08 Å². The summed E-state index contributed by atoms with van der Waals surface area (Å²) in [6.07, 6.45) is 7.02. The van der Waals surface area contributed by atoms with E-state index in [1.165, 1.54) is 11.1 Å². The van der Waals surface area contributed by atoms with E-state index in [1.54, 1.807) is 12.3 Å². The Labute approximate surface area is 154 Å². The third-order valence-corrected chi connectivity index (χ3v) is 4.43. The van der Waals surface area contributed by atoms with Gasteiger partial charge in [0.25, 0.3) is 5.91 Å². The molecule has 0 saturated carbocycles. The van der Waals surface area contributed by atoms with Crippen molar-refractivity contribution in [3.63, 3.8) is 0 Å². The zero-order valence-electron chi connectivity index (χ0n) is 14.9. The number of rotatable bonds is 6. The molecule has 1 amide bonds. The van der Waals surface area contributed by atoms with Gasteiger partial charge in [-0.25, -0.2) is 16.3 Å². The molecule has 5 heteroatoms. The number of amides is 1. The van der Waals surface area contributed by atoms with Gasteiger partial charge in [0.1, 0.15) is 6.04 Å². The molecular weight excluding hydrogens is 324 g/mol. The van der Waals surface area contributed by atoms with Crippen LogP contribution in [0.3, 0.4) is 0 Å². The van der Waals surface area contributed by atoms with Gasteiger partial charge in [0.05, 0.1) is 0 Å². The molecule has 3 N–H and O–H groups in total. The molecule has 0 aliphatic carbocycles. The molecule has 2 aromatic rings. The van der Waals surface area contributed by atoms with Crippen LogP contribution in [0.2, 0.25) is 0 Å². The van der Waals surface area contributed by atoms with Gasteiger partial charge in [-0.2, -0.15) is 5.10 Å². The first-order chi connectivity index (χ1) is 12.8. The monoisotopic (exact) mass is 348 g/mol. The van der Waals surface area contributed by atoms with Crippen molar-refractivity contribution in [2.45, 2.75) is 31.8 Å². The summed E-state index contributed by atoms with van der Waals surface area (Å²) in [7, 11) is 0. The molecule has 1 aliphatic heterocycles. The van der Waals surface area contributed by atoms with Crippen molar-refractivity contribution in [1.29, 1.82) is 0 Å². The Hall–Kier alpha value is -2.76. The van der Waals surface area contributed by atoms with Crippen LogP contribution in [-0.4, -0.2) is 18.2 Å². The number of hydrazine groups is 1. The molecule has 3 rings (SSSR count). The van der Waals surface area contributed by atoms with Crippen molar-refractivity contribution < 1.29 is 4.79 Å². The lowest BCUT2D eigenvalue weighted by Crippen LogP contribution is -2.41. The molecule has 1 fully saturated rings. The van der Waals surface area contributed by atoms with Crippen LogP contribution < -0.4 is 16.3 Å². The standard InChI is InChI=1S/C21H24N4O/c1-2-16-10-12-18(13-11-16)19-15-20(24-23-19)21(26)25-22-14-6-9-17-7-4-3-5-8-17/h3-14,19-20,23-24H,2,15H2,1H3,(H,25,26)/b9-6+,22-14+. The van der Waals surface area contributed by atoms with E-state index < -0.39 is 0 Å². The molecule has 0 radical (unpaired) electrons. The smallest absolute Gasteiger partial charge is 0.258 e. The maximum Gasteiger partial charge on any atom is 0.258 e. The van der Waals surface area contributed by atoms with Gasteiger partial charge in [0, 0.05) is 12.3 Å². The highest BCUT2D eigenvalue weighted by molar-refractivity contribution is 5.84. The molecule has 2 aromatic carbocycles. The second-order valence-electron chi connectivity index (χ2n) is 6.25. The van der Waals surface area contributed by atoms with Crippen molar-refractivity contribution in [3.05, 3.63) is 77.4 Å². The van der Waals surface area contributed by atoms with Gasteiger partial charge in [-0.1, -0.05) is 67.6 Å². The zero-order chi connectivity index (χ0) is 18.2. The van der Waals surface area contributed by atoms with Crippen molar-refractivity contribution >= 4 is 18.2 Å². The van der Waals surface area contributed by atoms with Crippen LogP contribution in [0.4, 0.5) is 0 Å². The van der Waals surface area contributed by atoms with Crippen LogP contribution in [0, 0.1) is 0 Å². The van der Waals surface area contributed by atoms with Gasteiger partial charge in [-0.15, -0.1) is 0 Å². The van der Waals surface area contributed by atoms with Gasteiger partial charge in [-0.3, -0.25) is 4.79 Å². The molecular formula is C21H24N4O. The Kier molecular flexibility index (Phi) is 6.30. The average Bonchev–Trinajstić information content (AvgIpc) is 3.19. The molecule has 134 valence electrons. The molecule has 0 aromatic heterocycles. The summed E-state index contributed by atoms with van der Waals surface area (Å²) in [5.41, 5.74) is 12.4. The number of benzene rings is 2. The second-order valence-corrected chi connectivity index (χ2v) is 6.25. The Balaban J connectivity index is 1.46. The summed E-state index contributed by atoms with van der Waals surface area (Å²) < 4.78 is 0. The van der Waals surface area contributed by atoms with Crippen molar-refractivity contribution in [2.24, 2.45) is 5.10 Å². The summed E-state index contributed by atoms with van der Waals surface area (Å²) in [5.74, 6) is -0.144. The van der Waals surface area contributed by atoms with E-state index in [0.717, 1.165) is 12.0 Å². The fourth-order valence-electron chi connectivity index (χ4n) is 2.87. The highest BCUT2D eigenvalue weighted by atomic mass is 16.2. The minimum Gasteiger partial charge on any atom is -0.271 e. The highest BCUT2D eigenvalue weighted by Gasteiger charge is 2.29. The predicted molar refractivity (Wildman–Crippen MR) is 105 cm³/mol. The third kappa shape index (κ3) is 4.88. The van der Waals surface area contributed by atoms with Crippen LogP contribution >= 0.6 is 0 Å². The van der Waals surface area contributed by atoms with Gasteiger partial charge in [0.2, 0.25) is 0 Å². The number of hydrazone groups is 1. The summed E-state index contributed by atoms with van der Waals surface area (Å²) in [6.45, 7) is 2.14. The van der Waals surface area contributed by atoms with Crippen LogP contribution in [0.15, 0.2) is 65.8 Å². The minimum absolute atomic E-state index is 0.124. The molecule has 1 saturated heterocycles. The average molecular weight is 348 g/mol. The van der Waals surface area contributed by atoms with Gasteiger partial charge in [0.15, 0.2) is 0 Å². The number of nitrogens with one attached hydrogen (secondary N) is 3. The Morgan fingerprint density at radius 2 is 1.92 bits per heavy atom. The highest BCUT2D eigenvalue weighted by Crippen LogP contribution is 2.22. The van der Waals surface area contributed by atoms with E-state index in [0.29, 0.717) is 6.42 Å². The second kappa shape index (κ2) is 9.08. The molecule has 5 nitrogen and oxygen atoms in total. The van der Waals surface area contributed by atoms with E-state index in [9.17, 15) is 4.79 Å². The summed E-state index contributed by atoms with van der Waals surface area (Å²) >= 11 is 0. The van der Waals surface area contributed by atoms with Crippen molar-refractivity contribution in [1.82, 2.24) is 16.3 Å². The van der Waals surface area contributed by atoms with Crippen LogP contribution in [0.1, 0.15) is 36.1 Å². The Morgan fingerprint density at radius 1 is 1.15 bits per heavy atom. The van der Waals surface area contributed by atoms with Crippen LogP contribution in [-0.2, 0) is 11.2 Å². The number of carbonyl (C=O) groups is 1. The number of hydrogen-bond donors (Lipinski definition) is 3. The molecule has 26 heavy (non-hydrogen) atoms. The van der Waals surface area contributed by atoms with Crippen LogP contribution in [0.5, 0.6) is 0 Å². The maximum atomic E-state index is 12.2. The topological polar surface area (TPSA) is 65.5 Å². The molecule has 2 unspecified atom stereocenters. The first-order valence-electron chi connectivity index (χ1n) is 8.91. The molecule has 0 spiro atoms. The lowest BCUT2D eigenvalue weighted by atomic mass is 10.00. The maximum absolute atomic E-state index is 12.2. The summed E-state index contributed by atoms with van der Waals surface area (Å²) in [6, 6.07) is 18.2. The quantitative estimate of drug-likeness (QED) is 0.555. The van der Waals surface area contributed by atoms with Gasteiger partial charge >= 0.3 is 0 Å². The molecule has 1 aliphatic rings. The number of carbonyl (C=O) groups excluding carboxylic acids is 1. The first kappa shape index (κ1) is 18.0. The SMILES string of the molecule is CCc1ccc(C2CC(C(=O)N/N=C/C=C/c3ccccc3)NN2)cc1. The number of nitrogens with zero attached hydrogens (tertiary/aromatic N) is 1. The van der Waals surface area contributed by atoms with E-state index in [2.05, 4.69) is 52.6 Å². The van der Waals surface area contributed by atoms with E-state index in [4.69, 9.17) is 0 Å². The fraction of sp³-hybridized carbons (Fsp3) is 0.238. The largest absolute Gasteiger partial charge is 0.271 e. The van der Waals surface area contributed by atoms with E-state index in [1.807, 2.05) is 36.4 Å². The Bertz CT molecular complexity index is 768. The molecule has 0 bridgehead atoms. The number of allylic oxidation sites excluding steroid dienone is 1. The first-order valence-corrected chi connectivity index (χ1v) is 8.91. The van der Waals surface area contributed by atoms with Crippen molar-refractivity contribution in [2.75, 3.05) is 0 Å². The van der Waals surface area contributed by atoms with Gasteiger partial charge < -0.3 is 0 Å². The number of aryl methyl sites for hydroxylation is 1.